The van der Waals surface area contributed by atoms with E-state index in [1.807, 2.05) is 0 Å². The van der Waals surface area contributed by atoms with E-state index in [0.717, 1.165) is 6.54 Å². The zero-order valence-corrected chi connectivity index (χ0v) is 16.4. The first-order valence-corrected chi connectivity index (χ1v) is 11.1. The van der Waals surface area contributed by atoms with Gasteiger partial charge in [0.15, 0.2) is 0 Å². The monoisotopic (exact) mass is 406 g/mol. The minimum atomic E-state index is 0. The molecule has 0 saturated heterocycles. The van der Waals surface area contributed by atoms with Crippen molar-refractivity contribution >= 4 is 0 Å². The fourth-order valence-electron chi connectivity index (χ4n) is 3.40. The minimum Gasteiger partial charge on any atom is -0.330 e. The molecule has 0 saturated carbocycles. The highest BCUT2D eigenvalue weighted by molar-refractivity contribution is 4.50. The molecule has 0 aliphatic rings. The molecule has 0 aliphatic heterocycles. The first-order valence-electron chi connectivity index (χ1n) is 11.1. The molecule has 28 heavy (non-hydrogen) atoms. The van der Waals surface area contributed by atoms with E-state index in [4.69, 9.17) is 5.73 Å². The van der Waals surface area contributed by atoms with Gasteiger partial charge < -0.3 is 5.73 Å². The Bertz CT molecular complexity index is 171. The van der Waals surface area contributed by atoms with Crippen LogP contribution in [0.2, 0.25) is 0 Å². The van der Waals surface area contributed by atoms with Crippen LogP contribution in [0.25, 0.3) is 0 Å². The fraction of sp³-hybridized carbons (Fsp3) is 1.00. The van der Waals surface area contributed by atoms with Crippen LogP contribution in [0.5, 0.6) is 0 Å². The van der Waals surface area contributed by atoms with Gasteiger partial charge in [-0.05, 0) is 13.0 Å². The average Bonchev–Trinajstić information content (AvgIpc) is 2.57. The van der Waals surface area contributed by atoms with Gasteiger partial charge in [-0.15, -0.1) is 0 Å². The van der Waals surface area contributed by atoms with Gasteiger partial charge in [-0.3, -0.25) is 0 Å². The SMILES string of the molecule is C.C.C.C.C.CCCCCCCCCCCCCCCCCCCCCCN. The molecule has 0 atom stereocenters. The molecule has 0 rings (SSSR count). The first kappa shape index (κ1) is 42.1. The van der Waals surface area contributed by atoms with Crippen molar-refractivity contribution < 1.29 is 0 Å². The lowest BCUT2D eigenvalue weighted by atomic mass is 10.0. The molecule has 0 amide bonds. The highest BCUT2D eigenvalue weighted by Gasteiger charge is 1.95. The van der Waals surface area contributed by atoms with E-state index in [2.05, 4.69) is 6.92 Å². The Kier molecular flexibility index (Phi) is 62.2. The second-order valence-electron chi connectivity index (χ2n) is 7.51. The Hall–Kier alpha value is -0.0400. The third kappa shape index (κ3) is 40.6. The summed E-state index contributed by atoms with van der Waals surface area (Å²) in [5.74, 6) is 0. The van der Waals surface area contributed by atoms with Crippen LogP contribution in [-0.4, -0.2) is 6.54 Å². The van der Waals surface area contributed by atoms with Gasteiger partial charge >= 0.3 is 0 Å². The summed E-state index contributed by atoms with van der Waals surface area (Å²) in [6, 6.07) is 0. The molecule has 180 valence electrons. The molecule has 0 heterocycles. The lowest BCUT2D eigenvalue weighted by molar-refractivity contribution is 0.522. The third-order valence-corrected chi connectivity index (χ3v) is 5.06. The predicted octanol–water partition coefficient (Wildman–Crippen LogP) is 10.9. The zero-order chi connectivity index (χ0) is 16.8. The second-order valence-corrected chi connectivity index (χ2v) is 7.51. The Morgan fingerprint density at radius 2 is 0.500 bits per heavy atom. The summed E-state index contributed by atoms with van der Waals surface area (Å²) in [5.41, 5.74) is 5.51. The number of unbranched alkanes of at least 4 members (excludes halogenated alkanes) is 19. The van der Waals surface area contributed by atoms with Gasteiger partial charge in [-0.25, -0.2) is 0 Å². The quantitative estimate of drug-likeness (QED) is 0.200. The van der Waals surface area contributed by atoms with Crippen molar-refractivity contribution in [2.75, 3.05) is 6.54 Å². The molecule has 0 radical (unpaired) electrons. The van der Waals surface area contributed by atoms with Crippen molar-refractivity contribution in [3.05, 3.63) is 0 Å². The smallest absolute Gasteiger partial charge is 0.00773 e. The van der Waals surface area contributed by atoms with Gasteiger partial charge in [-0.1, -0.05) is 166 Å². The molecule has 0 spiro atoms. The van der Waals surface area contributed by atoms with Gasteiger partial charge in [-0.2, -0.15) is 0 Å². The van der Waals surface area contributed by atoms with Crippen LogP contribution in [0.4, 0.5) is 0 Å². The van der Waals surface area contributed by atoms with Crippen LogP contribution in [0.1, 0.15) is 172 Å². The van der Waals surface area contributed by atoms with E-state index in [-0.39, 0.29) is 37.1 Å². The van der Waals surface area contributed by atoms with Gasteiger partial charge in [0.1, 0.15) is 0 Å². The van der Waals surface area contributed by atoms with Gasteiger partial charge in [0.05, 0.1) is 0 Å². The van der Waals surface area contributed by atoms with Crippen LogP contribution < -0.4 is 5.73 Å². The second kappa shape index (κ2) is 41.4. The van der Waals surface area contributed by atoms with Crippen molar-refractivity contribution in [1.29, 1.82) is 0 Å². The lowest BCUT2D eigenvalue weighted by Crippen LogP contribution is -1.97. The van der Waals surface area contributed by atoms with Crippen LogP contribution in [-0.2, 0) is 0 Å². The van der Waals surface area contributed by atoms with Crippen LogP contribution in [0, 0.1) is 0 Å². The molecule has 0 aliphatic carbocycles. The minimum absolute atomic E-state index is 0. The number of nitrogens with two attached hydrogens (primary N) is 1. The van der Waals surface area contributed by atoms with Crippen molar-refractivity contribution in [1.82, 2.24) is 0 Å². The Morgan fingerprint density at radius 3 is 0.679 bits per heavy atom. The molecule has 0 aromatic carbocycles. The summed E-state index contributed by atoms with van der Waals surface area (Å²) in [4.78, 5) is 0. The molecule has 0 fully saturated rings. The van der Waals surface area contributed by atoms with Crippen molar-refractivity contribution in [2.24, 2.45) is 5.73 Å². The fourth-order valence-corrected chi connectivity index (χ4v) is 3.40. The predicted molar refractivity (Wildman–Crippen MR) is 141 cm³/mol. The normalized spacial score (nSPS) is 9.21. The standard InChI is InChI=1S/C22H47N.5CH4/c1-2-3-4-5-6-7-8-9-10-11-12-13-14-15-16-17-18-19-20-21-22-23;;;;;/h2-23H2,1H3;5*1H4. The maximum Gasteiger partial charge on any atom is -0.00773 e. The summed E-state index contributed by atoms with van der Waals surface area (Å²) in [7, 11) is 0. The van der Waals surface area contributed by atoms with E-state index in [9.17, 15) is 0 Å². The Morgan fingerprint density at radius 1 is 0.321 bits per heavy atom. The van der Waals surface area contributed by atoms with Crippen molar-refractivity contribution in [2.45, 2.75) is 172 Å². The number of hydrogen-bond donors (Lipinski definition) is 1. The average molecular weight is 406 g/mol. The van der Waals surface area contributed by atoms with Crippen LogP contribution in [0.3, 0.4) is 0 Å². The number of rotatable bonds is 20. The molecule has 1 heteroatoms. The highest BCUT2D eigenvalue weighted by Crippen LogP contribution is 2.14. The molecule has 0 aromatic heterocycles. The van der Waals surface area contributed by atoms with E-state index >= 15 is 0 Å². The summed E-state index contributed by atoms with van der Waals surface area (Å²) < 4.78 is 0. The Balaban J connectivity index is -0.000000242. The summed E-state index contributed by atoms with van der Waals surface area (Å²) >= 11 is 0. The van der Waals surface area contributed by atoms with E-state index in [1.54, 1.807) is 0 Å². The molecule has 0 aromatic rings. The van der Waals surface area contributed by atoms with Crippen molar-refractivity contribution in [3.8, 4) is 0 Å². The maximum absolute atomic E-state index is 5.51. The Labute approximate surface area is 185 Å². The van der Waals surface area contributed by atoms with Crippen LogP contribution in [0.15, 0.2) is 0 Å². The van der Waals surface area contributed by atoms with E-state index in [1.165, 1.54) is 128 Å². The van der Waals surface area contributed by atoms with Gasteiger partial charge in [0.25, 0.3) is 0 Å². The van der Waals surface area contributed by atoms with E-state index < -0.39 is 0 Å². The maximum atomic E-state index is 5.51. The first-order chi connectivity index (χ1) is 11.4. The molecule has 1 nitrogen and oxygen atoms in total. The molecule has 0 unspecified atom stereocenters. The third-order valence-electron chi connectivity index (χ3n) is 5.06. The van der Waals surface area contributed by atoms with Gasteiger partial charge in [0, 0.05) is 0 Å². The topological polar surface area (TPSA) is 26.0 Å². The van der Waals surface area contributed by atoms with E-state index in [0.29, 0.717) is 0 Å². The largest absolute Gasteiger partial charge is 0.330 e. The highest BCUT2D eigenvalue weighted by atomic mass is 14.5. The van der Waals surface area contributed by atoms with Crippen LogP contribution >= 0.6 is 0 Å². The molecular weight excluding hydrogens is 338 g/mol. The lowest BCUT2D eigenvalue weighted by Gasteiger charge is -2.04. The molecular formula is C27H67N. The zero-order valence-electron chi connectivity index (χ0n) is 16.4. The summed E-state index contributed by atoms with van der Waals surface area (Å²) in [6.07, 6.45) is 28.8. The van der Waals surface area contributed by atoms with Gasteiger partial charge in [0.2, 0.25) is 0 Å². The molecule has 0 bridgehead atoms. The summed E-state index contributed by atoms with van der Waals surface area (Å²) in [6.45, 7) is 3.17. The van der Waals surface area contributed by atoms with Crippen molar-refractivity contribution in [3.63, 3.8) is 0 Å². The number of hydrogen-bond acceptors (Lipinski definition) is 1. The molecule has 2 N–H and O–H groups in total. The summed E-state index contributed by atoms with van der Waals surface area (Å²) in [5, 5.41) is 0.